The van der Waals surface area contributed by atoms with Crippen molar-refractivity contribution < 1.29 is 4.79 Å². The Hall–Kier alpha value is -3.29. The fourth-order valence-corrected chi connectivity index (χ4v) is 3.49. The molecule has 0 fully saturated rings. The highest BCUT2D eigenvalue weighted by atomic mass is 16.2. The van der Waals surface area contributed by atoms with Crippen LogP contribution in [0.4, 0.5) is 0 Å². The maximum Gasteiger partial charge on any atom is 0.264 e. The molecule has 0 saturated carbocycles. The van der Waals surface area contributed by atoms with Crippen LogP contribution in [0.5, 0.6) is 0 Å². The Balaban J connectivity index is 1.64. The van der Waals surface area contributed by atoms with Crippen molar-refractivity contribution in [3.8, 4) is 0 Å². The van der Waals surface area contributed by atoms with Gasteiger partial charge in [-0.05, 0) is 32.4 Å². The summed E-state index contributed by atoms with van der Waals surface area (Å²) in [6, 6.07) is 1.80. The van der Waals surface area contributed by atoms with Crippen LogP contribution in [0, 0.1) is 20.8 Å². The summed E-state index contributed by atoms with van der Waals surface area (Å²) in [5.41, 5.74) is 5.09. The van der Waals surface area contributed by atoms with E-state index in [-0.39, 0.29) is 23.6 Å². The molecule has 8 heteroatoms. The smallest absolute Gasteiger partial charge is 0.264 e. The summed E-state index contributed by atoms with van der Waals surface area (Å²) in [6.07, 6.45) is 5.70. The molecule has 0 aromatic carbocycles. The van der Waals surface area contributed by atoms with E-state index < -0.39 is 0 Å². The molecular weight excluding hydrogens is 356 g/mol. The number of rotatable bonds is 3. The predicted octanol–water partition coefficient (Wildman–Crippen LogP) is 1.53. The van der Waals surface area contributed by atoms with Crippen LogP contribution >= 0.6 is 0 Å². The maximum absolute atomic E-state index is 13.2. The van der Waals surface area contributed by atoms with Crippen molar-refractivity contribution in [2.24, 2.45) is 0 Å². The number of hydrogen-bond donors (Lipinski definition) is 1. The highest BCUT2D eigenvalue weighted by Crippen LogP contribution is 2.21. The lowest BCUT2D eigenvalue weighted by molar-refractivity contribution is 0.0730. The second-order valence-electron chi connectivity index (χ2n) is 7.21. The largest absolute Gasteiger partial charge is 0.334 e. The van der Waals surface area contributed by atoms with E-state index in [0.717, 1.165) is 22.6 Å². The van der Waals surface area contributed by atoms with Gasteiger partial charge < -0.3 is 9.47 Å². The third-order valence-electron chi connectivity index (χ3n) is 5.17. The van der Waals surface area contributed by atoms with Crippen LogP contribution in [-0.2, 0) is 19.5 Å². The van der Waals surface area contributed by atoms with Crippen LogP contribution in [0.15, 0.2) is 29.5 Å². The van der Waals surface area contributed by atoms with E-state index >= 15 is 0 Å². The second kappa shape index (κ2) is 7.03. The average molecular weight is 378 g/mol. The van der Waals surface area contributed by atoms with Crippen LogP contribution in [0.1, 0.15) is 44.3 Å². The molecule has 1 N–H and O–H groups in total. The first-order valence-electron chi connectivity index (χ1n) is 9.23. The number of hydrogen-bond acceptors (Lipinski definition) is 5. The topological polar surface area (TPSA) is 96.8 Å². The molecule has 4 heterocycles. The van der Waals surface area contributed by atoms with Crippen LogP contribution < -0.4 is 5.56 Å². The number of carbonyl (C=O) groups is 1. The number of aromatic amines is 1. The molecule has 1 aliphatic rings. The standard InChI is InChI=1S/C20H22N6O2/c1-12-4-6-25(10-15-9-21-13(2)8-22-15)19(27)18(12)20(28)26-7-5-17-16(11-26)14(3)23-24-17/h4,6,8-9H,5,7,10-11H2,1-3H3,(H,23,24). The van der Waals surface area contributed by atoms with Crippen molar-refractivity contribution >= 4 is 5.91 Å². The molecule has 0 radical (unpaired) electrons. The van der Waals surface area contributed by atoms with Gasteiger partial charge in [-0.1, -0.05) is 0 Å². The van der Waals surface area contributed by atoms with Gasteiger partial charge in [0.25, 0.3) is 11.5 Å². The fourth-order valence-electron chi connectivity index (χ4n) is 3.49. The molecule has 3 aromatic heterocycles. The van der Waals surface area contributed by atoms with Gasteiger partial charge in [-0.25, -0.2) is 0 Å². The van der Waals surface area contributed by atoms with E-state index in [2.05, 4.69) is 20.2 Å². The number of nitrogens with zero attached hydrogens (tertiary/aromatic N) is 5. The van der Waals surface area contributed by atoms with Crippen molar-refractivity contribution in [3.63, 3.8) is 0 Å². The van der Waals surface area contributed by atoms with Crippen LogP contribution in [-0.4, -0.2) is 42.1 Å². The zero-order valence-electron chi connectivity index (χ0n) is 16.2. The van der Waals surface area contributed by atoms with E-state index in [1.165, 1.54) is 4.57 Å². The molecule has 0 aliphatic carbocycles. The number of aryl methyl sites for hydroxylation is 3. The minimum atomic E-state index is -0.304. The van der Waals surface area contributed by atoms with Crippen LogP contribution in [0.25, 0.3) is 0 Å². The first kappa shape index (κ1) is 18.1. The van der Waals surface area contributed by atoms with E-state index in [1.807, 2.05) is 13.8 Å². The van der Waals surface area contributed by atoms with Crippen LogP contribution in [0.3, 0.4) is 0 Å². The van der Waals surface area contributed by atoms with Crippen molar-refractivity contribution in [3.05, 3.63) is 74.5 Å². The molecule has 0 atom stereocenters. The molecule has 144 valence electrons. The lowest BCUT2D eigenvalue weighted by atomic mass is 10.0. The Morgan fingerprint density at radius 2 is 2.04 bits per heavy atom. The Kier molecular flexibility index (Phi) is 4.54. The average Bonchev–Trinajstić information content (AvgIpc) is 3.06. The number of amides is 1. The van der Waals surface area contributed by atoms with Gasteiger partial charge in [0.05, 0.1) is 29.8 Å². The fraction of sp³-hybridized carbons (Fsp3) is 0.350. The number of H-pyrrole nitrogens is 1. The molecule has 1 aliphatic heterocycles. The lowest BCUT2D eigenvalue weighted by Crippen LogP contribution is -2.40. The molecule has 0 bridgehead atoms. The van der Waals surface area contributed by atoms with Crippen molar-refractivity contribution in [2.45, 2.75) is 40.3 Å². The van der Waals surface area contributed by atoms with Gasteiger partial charge in [0, 0.05) is 43.2 Å². The Morgan fingerprint density at radius 3 is 2.79 bits per heavy atom. The van der Waals surface area contributed by atoms with E-state index in [0.29, 0.717) is 30.8 Å². The molecular formula is C20H22N6O2. The third-order valence-corrected chi connectivity index (χ3v) is 5.17. The molecule has 3 aromatic rings. The van der Waals surface area contributed by atoms with Gasteiger partial charge in [0.1, 0.15) is 5.56 Å². The number of nitrogens with one attached hydrogen (secondary N) is 1. The van der Waals surface area contributed by atoms with Crippen molar-refractivity contribution in [1.29, 1.82) is 0 Å². The first-order valence-corrected chi connectivity index (χ1v) is 9.23. The summed E-state index contributed by atoms with van der Waals surface area (Å²) in [5.74, 6) is -0.238. The summed E-state index contributed by atoms with van der Waals surface area (Å²) in [6.45, 7) is 6.89. The zero-order valence-corrected chi connectivity index (χ0v) is 16.2. The summed E-state index contributed by atoms with van der Waals surface area (Å²) >= 11 is 0. The maximum atomic E-state index is 13.2. The molecule has 28 heavy (non-hydrogen) atoms. The third kappa shape index (κ3) is 3.21. The van der Waals surface area contributed by atoms with Gasteiger partial charge in [-0.2, -0.15) is 5.10 Å². The SMILES string of the molecule is Cc1cnc(Cn2ccc(C)c(C(=O)N3CCc4n[nH]c(C)c4C3)c2=O)cn1. The van der Waals surface area contributed by atoms with Crippen molar-refractivity contribution in [1.82, 2.24) is 29.6 Å². The minimum absolute atomic E-state index is 0.215. The van der Waals surface area contributed by atoms with Crippen molar-refractivity contribution in [2.75, 3.05) is 6.54 Å². The molecule has 8 nitrogen and oxygen atoms in total. The quantitative estimate of drug-likeness (QED) is 0.746. The predicted molar refractivity (Wildman–Crippen MR) is 103 cm³/mol. The number of fused-ring (bicyclic) bond motifs is 1. The highest BCUT2D eigenvalue weighted by molar-refractivity contribution is 5.95. The first-order chi connectivity index (χ1) is 13.4. The lowest BCUT2D eigenvalue weighted by Gasteiger charge is -2.27. The van der Waals surface area contributed by atoms with E-state index in [9.17, 15) is 9.59 Å². The summed E-state index contributed by atoms with van der Waals surface area (Å²) in [7, 11) is 0. The summed E-state index contributed by atoms with van der Waals surface area (Å²) < 4.78 is 1.51. The second-order valence-corrected chi connectivity index (χ2v) is 7.21. The highest BCUT2D eigenvalue weighted by Gasteiger charge is 2.27. The summed E-state index contributed by atoms with van der Waals surface area (Å²) in [4.78, 5) is 36.5. The van der Waals surface area contributed by atoms with Gasteiger partial charge in [-0.3, -0.25) is 24.7 Å². The van der Waals surface area contributed by atoms with Gasteiger partial charge in [0.15, 0.2) is 0 Å². The van der Waals surface area contributed by atoms with Gasteiger partial charge >= 0.3 is 0 Å². The van der Waals surface area contributed by atoms with Gasteiger partial charge in [0.2, 0.25) is 0 Å². The Bertz CT molecular complexity index is 1100. The number of carbonyl (C=O) groups excluding carboxylic acids is 1. The molecule has 0 saturated heterocycles. The number of aromatic nitrogens is 5. The van der Waals surface area contributed by atoms with E-state index in [1.54, 1.807) is 36.5 Å². The molecule has 0 spiro atoms. The van der Waals surface area contributed by atoms with Crippen LogP contribution in [0.2, 0.25) is 0 Å². The monoisotopic (exact) mass is 378 g/mol. The number of pyridine rings is 1. The Labute approximate surface area is 162 Å². The van der Waals surface area contributed by atoms with Gasteiger partial charge in [-0.15, -0.1) is 0 Å². The van der Waals surface area contributed by atoms with E-state index in [4.69, 9.17) is 0 Å². The summed E-state index contributed by atoms with van der Waals surface area (Å²) in [5, 5.41) is 7.26. The minimum Gasteiger partial charge on any atom is -0.334 e. The molecule has 4 rings (SSSR count). The molecule has 1 amide bonds. The zero-order chi connectivity index (χ0) is 19.8. The normalized spacial score (nSPS) is 13.5. The molecule has 0 unspecified atom stereocenters. The Morgan fingerprint density at radius 1 is 1.21 bits per heavy atom.